The molecule has 16 heteroatoms. The van der Waals surface area contributed by atoms with E-state index < -0.39 is 47.7 Å². The Morgan fingerprint density at radius 1 is 1.16 bits per heavy atom. The third-order valence-corrected chi connectivity index (χ3v) is 7.84. The minimum absolute atomic E-state index is 0.228. The minimum atomic E-state index is -1.07. The lowest BCUT2D eigenvalue weighted by molar-refractivity contribution is -0.212. The van der Waals surface area contributed by atoms with Crippen LogP contribution in [0, 0.1) is 0 Å². The molecule has 0 N–H and O–H groups in total. The zero-order valence-electron chi connectivity index (χ0n) is 20.1. The molecule has 1 aliphatic heterocycles. The maximum absolute atomic E-state index is 12.2. The maximum atomic E-state index is 12.2. The highest BCUT2D eigenvalue weighted by Crippen LogP contribution is 2.41. The number of hydrogen-bond acceptors (Lipinski definition) is 13. The van der Waals surface area contributed by atoms with Crippen molar-refractivity contribution in [3.8, 4) is 10.7 Å². The van der Waals surface area contributed by atoms with E-state index in [9.17, 15) is 14.4 Å². The van der Waals surface area contributed by atoms with E-state index in [1.54, 1.807) is 24.0 Å². The van der Waals surface area contributed by atoms with Gasteiger partial charge in [-0.25, -0.2) is 9.67 Å². The molecule has 1 fully saturated rings. The number of rotatable bonds is 8. The second-order valence-electron chi connectivity index (χ2n) is 8.00. The summed E-state index contributed by atoms with van der Waals surface area (Å²) in [6.07, 6.45) is 1.83. The topological polar surface area (TPSA) is 145 Å². The van der Waals surface area contributed by atoms with Crippen molar-refractivity contribution in [3.05, 3.63) is 39.7 Å². The van der Waals surface area contributed by atoms with Crippen LogP contribution in [-0.2, 0) is 33.3 Å². The van der Waals surface area contributed by atoms with Crippen LogP contribution in [0.2, 0.25) is 5.15 Å². The Kier molecular flexibility index (Phi) is 9.36. The van der Waals surface area contributed by atoms with Crippen LogP contribution in [0.5, 0.6) is 0 Å². The van der Waals surface area contributed by atoms with E-state index in [1.807, 2.05) is 6.07 Å². The summed E-state index contributed by atoms with van der Waals surface area (Å²) in [7, 11) is 0. The quantitative estimate of drug-likeness (QED) is 0.260. The number of thiazole rings is 1. The van der Waals surface area contributed by atoms with Crippen molar-refractivity contribution in [3.63, 3.8) is 0 Å². The molecule has 0 spiro atoms. The lowest BCUT2D eigenvalue weighted by Crippen LogP contribution is -2.57. The number of aromatic nitrogens is 5. The van der Waals surface area contributed by atoms with Gasteiger partial charge in [-0.05, 0) is 22.0 Å². The first kappa shape index (κ1) is 28.4. The van der Waals surface area contributed by atoms with Gasteiger partial charge in [0, 0.05) is 47.9 Å². The van der Waals surface area contributed by atoms with E-state index in [0.29, 0.717) is 20.8 Å². The van der Waals surface area contributed by atoms with Crippen LogP contribution < -0.4 is 0 Å². The second-order valence-corrected chi connectivity index (χ2v) is 11.3. The normalized spacial score (nSPS) is 23.0. The molecule has 0 aromatic carbocycles. The first-order valence-corrected chi connectivity index (χ1v) is 14.0. The molecule has 0 aliphatic carbocycles. The largest absolute Gasteiger partial charge is 0.463 e. The fraction of sp³-hybridized carbons (Fsp3) is 0.409. The molecule has 0 unspecified atom stereocenters. The highest BCUT2D eigenvalue weighted by molar-refractivity contribution is 9.10. The summed E-state index contributed by atoms with van der Waals surface area (Å²) in [5, 5.41) is 10.9. The number of ether oxygens (including phenoxy) is 4. The number of thioether (sulfide) groups is 1. The molecule has 3 aromatic heterocycles. The zero-order chi connectivity index (χ0) is 27.4. The third-order valence-electron chi connectivity index (χ3n) is 5.11. The van der Waals surface area contributed by atoms with Gasteiger partial charge < -0.3 is 18.9 Å². The average Bonchev–Trinajstić information content (AvgIpc) is 3.48. The number of halogens is 2. The Morgan fingerprint density at radius 2 is 1.89 bits per heavy atom. The molecule has 202 valence electrons. The van der Waals surface area contributed by atoms with Gasteiger partial charge in [0.05, 0.1) is 6.20 Å². The Bertz CT molecular complexity index is 1320. The highest BCUT2D eigenvalue weighted by Gasteiger charge is 2.52. The second kappa shape index (κ2) is 12.5. The van der Waals surface area contributed by atoms with Crippen molar-refractivity contribution in [1.82, 2.24) is 25.0 Å². The monoisotopic (exact) mass is 645 g/mol. The van der Waals surface area contributed by atoms with Gasteiger partial charge >= 0.3 is 17.9 Å². The highest BCUT2D eigenvalue weighted by atomic mass is 79.9. The molecule has 1 aliphatic rings. The number of nitrogens with zero attached hydrogens (tertiary/aromatic N) is 5. The molecular formula is C22H21BrClN5O7S2. The first-order valence-electron chi connectivity index (χ1n) is 11.0. The van der Waals surface area contributed by atoms with Gasteiger partial charge in [0.25, 0.3) is 0 Å². The van der Waals surface area contributed by atoms with Crippen LogP contribution in [0.3, 0.4) is 0 Å². The van der Waals surface area contributed by atoms with Crippen molar-refractivity contribution in [2.75, 3.05) is 6.61 Å². The molecule has 0 bridgehead atoms. The van der Waals surface area contributed by atoms with Gasteiger partial charge in [-0.1, -0.05) is 28.6 Å². The van der Waals surface area contributed by atoms with Gasteiger partial charge in [0.1, 0.15) is 40.0 Å². The molecular weight excluding hydrogens is 626 g/mol. The van der Waals surface area contributed by atoms with E-state index in [1.165, 1.54) is 48.6 Å². The Hall–Kier alpha value is -2.59. The van der Waals surface area contributed by atoms with Gasteiger partial charge in [0.15, 0.2) is 12.2 Å². The summed E-state index contributed by atoms with van der Waals surface area (Å²) in [5.74, 6) is -1.75. The summed E-state index contributed by atoms with van der Waals surface area (Å²) in [5.41, 5.74) is -0.428. The van der Waals surface area contributed by atoms with Crippen LogP contribution in [0.25, 0.3) is 10.7 Å². The Morgan fingerprint density at radius 3 is 2.53 bits per heavy atom. The minimum Gasteiger partial charge on any atom is -0.463 e. The van der Waals surface area contributed by atoms with Crippen molar-refractivity contribution in [1.29, 1.82) is 0 Å². The number of carbonyl (C=O) groups is 3. The Labute approximate surface area is 238 Å². The fourth-order valence-corrected chi connectivity index (χ4v) is 6.31. The molecule has 0 radical (unpaired) electrons. The lowest BCUT2D eigenvalue weighted by atomic mass is 9.96. The predicted molar refractivity (Wildman–Crippen MR) is 139 cm³/mol. The summed E-state index contributed by atoms with van der Waals surface area (Å²) in [4.78, 5) is 45.1. The molecule has 0 saturated carbocycles. The number of esters is 3. The van der Waals surface area contributed by atoms with Crippen molar-refractivity contribution >= 4 is 68.5 Å². The summed E-state index contributed by atoms with van der Waals surface area (Å²) in [6, 6.07) is 0.909. The third kappa shape index (κ3) is 7.08. The maximum Gasteiger partial charge on any atom is 0.303 e. The summed E-state index contributed by atoms with van der Waals surface area (Å²) in [6.45, 7) is 3.52. The smallest absolute Gasteiger partial charge is 0.303 e. The molecule has 5 atom stereocenters. The molecule has 0 amide bonds. The summed E-state index contributed by atoms with van der Waals surface area (Å²) >= 11 is 11.9. The predicted octanol–water partition coefficient (Wildman–Crippen LogP) is 3.70. The van der Waals surface area contributed by atoms with Gasteiger partial charge in [-0.3, -0.25) is 19.4 Å². The molecule has 4 heterocycles. The lowest BCUT2D eigenvalue weighted by Gasteiger charge is -2.44. The molecule has 3 aromatic rings. The summed E-state index contributed by atoms with van der Waals surface area (Å²) < 4.78 is 25.0. The van der Waals surface area contributed by atoms with Crippen molar-refractivity contribution < 1.29 is 33.3 Å². The van der Waals surface area contributed by atoms with Gasteiger partial charge in [-0.2, -0.15) is 0 Å². The van der Waals surface area contributed by atoms with Crippen molar-refractivity contribution in [2.45, 2.75) is 55.5 Å². The van der Waals surface area contributed by atoms with E-state index in [2.05, 4.69) is 36.2 Å². The van der Waals surface area contributed by atoms with Crippen LogP contribution in [0.1, 0.15) is 26.8 Å². The van der Waals surface area contributed by atoms with E-state index in [0.717, 1.165) is 4.47 Å². The van der Waals surface area contributed by atoms with Crippen molar-refractivity contribution in [2.24, 2.45) is 0 Å². The fourth-order valence-electron chi connectivity index (χ4n) is 3.76. The molecule has 12 nitrogen and oxygen atoms in total. The van der Waals surface area contributed by atoms with Crippen LogP contribution >= 0.6 is 50.6 Å². The number of pyridine rings is 1. The van der Waals surface area contributed by atoms with E-state index in [-0.39, 0.29) is 6.61 Å². The van der Waals surface area contributed by atoms with Gasteiger partial charge in [0.2, 0.25) is 0 Å². The average molecular weight is 647 g/mol. The zero-order valence-corrected chi connectivity index (χ0v) is 24.1. The molecule has 38 heavy (non-hydrogen) atoms. The van der Waals surface area contributed by atoms with Crippen LogP contribution in [0.4, 0.5) is 0 Å². The number of hydrogen-bond donors (Lipinski definition) is 0. The SMILES string of the molecule is CC(=O)OC[C@H]1O[C@H](Sc2cncc(Br)c2)[C@H](OC(C)=O)[C@@H](n2cc(-c3nc(Cl)cs3)nn2)[C@H]1OC(C)=O. The Balaban J connectivity index is 1.79. The molecule has 4 rings (SSSR count). The standard InChI is InChI=1S/C22H21BrClN5O7S2/c1-10(30)33-8-16-19(34-11(2)31)18(29-7-15(27-28-29)21-26-17(24)9-37-21)20(35-12(3)32)22(36-16)38-14-4-13(23)5-25-6-14/h4-7,9,16,18-20,22H,8H2,1-3H3/t16-,18+,19+,20-,22-/m1/s1. The van der Waals surface area contributed by atoms with Crippen LogP contribution in [-0.4, -0.2) is 73.2 Å². The number of carbonyl (C=O) groups excluding carboxylic acids is 3. The van der Waals surface area contributed by atoms with E-state index in [4.69, 9.17) is 30.5 Å². The molecule has 1 saturated heterocycles. The van der Waals surface area contributed by atoms with E-state index >= 15 is 0 Å². The first-order chi connectivity index (χ1) is 18.1. The van der Waals surface area contributed by atoms with Crippen LogP contribution in [0.15, 0.2) is 39.4 Å². The van der Waals surface area contributed by atoms with Gasteiger partial charge in [-0.15, -0.1) is 16.4 Å².